The number of aromatic hydroxyl groups is 2. The van der Waals surface area contributed by atoms with Crippen LogP contribution in [0.15, 0.2) is 94.4 Å². The topological polar surface area (TPSA) is 142 Å². The number of halogens is 2. The van der Waals surface area contributed by atoms with Crippen LogP contribution in [0.2, 0.25) is 0 Å². The van der Waals surface area contributed by atoms with Gasteiger partial charge in [-0.15, -0.1) is 0 Å². The summed E-state index contributed by atoms with van der Waals surface area (Å²) in [7, 11) is 0. The molecule has 6 rings (SSSR count). The van der Waals surface area contributed by atoms with E-state index < -0.39 is 11.7 Å². The molecule has 0 saturated heterocycles. The Bertz CT molecular complexity index is 1880. The van der Waals surface area contributed by atoms with E-state index in [1.165, 1.54) is 17.0 Å². The number of nitrogens with one attached hydrogen (secondary N) is 1. The Morgan fingerprint density at radius 2 is 1.35 bits per heavy atom. The maximum absolute atomic E-state index is 12.9. The molecule has 0 saturated carbocycles. The maximum atomic E-state index is 12.9. The number of carbonyl (C=O) groups excluding carboxylic acids is 1. The van der Waals surface area contributed by atoms with Crippen molar-refractivity contribution in [1.82, 2.24) is 29.2 Å². The maximum Gasteiger partial charge on any atom is 0.420 e. The summed E-state index contributed by atoms with van der Waals surface area (Å²) >= 11 is 6.78. The van der Waals surface area contributed by atoms with Crippen molar-refractivity contribution >= 4 is 72.3 Å². The highest BCUT2D eigenvalue weighted by atomic mass is 79.9. The van der Waals surface area contributed by atoms with Gasteiger partial charge in [-0.3, -0.25) is 0 Å². The SMILES string of the molecule is CC(C)(C)OC(=O)N(c1ccc(O)cc1)c1ccnc2c(Br)cnn12.Oc1ccc(Nc2ccnc3c(Br)cnn23)cc1. The molecule has 4 aromatic heterocycles. The van der Waals surface area contributed by atoms with Crippen LogP contribution in [0, 0.1) is 0 Å². The second kappa shape index (κ2) is 12.3. The molecular weight excluding hydrogens is 684 g/mol. The summed E-state index contributed by atoms with van der Waals surface area (Å²) in [6.45, 7) is 5.39. The first kappa shape index (κ1) is 29.8. The number of phenols is 2. The van der Waals surface area contributed by atoms with Crippen molar-refractivity contribution in [2.45, 2.75) is 26.4 Å². The largest absolute Gasteiger partial charge is 0.508 e. The van der Waals surface area contributed by atoms with Crippen LogP contribution in [0.25, 0.3) is 11.3 Å². The lowest BCUT2D eigenvalue weighted by Crippen LogP contribution is -2.34. The highest BCUT2D eigenvalue weighted by molar-refractivity contribution is 9.11. The fraction of sp³-hybridized carbons (Fsp3) is 0.138. The van der Waals surface area contributed by atoms with E-state index >= 15 is 0 Å². The van der Waals surface area contributed by atoms with Crippen LogP contribution >= 0.6 is 31.9 Å². The number of nitrogens with zero attached hydrogens (tertiary/aromatic N) is 7. The lowest BCUT2D eigenvalue weighted by molar-refractivity contribution is 0.0597. The molecule has 0 fully saturated rings. The molecule has 3 N–H and O–H groups in total. The number of hydrogen-bond donors (Lipinski definition) is 3. The fourth-order valence-electron chi connectivity index (χ4n) is 3.91. The molecule has 2 aromatic carbocycles. The number of fused-ring (bicyclic) bond motifs is 2. The quantitative estimate of drug-likeness (QED) is 0.162. The average molecular weight is 710 g/mol. The summed E-state index contributed by atoms with van der Waals surface area (Å²) in [5.74, 6) is 1.61. The van der Waals surface area contributed by atoms with Crippen molar-refractivity contribution in [3.63, 3.8) is 0 Å². The lowest BCUT2D eigenvalue weighted by atomic mass is 10.2. The third-order valence-electron chi connectivity index (χ3n) is 5.75. The zero-order valence-electron chi connectivity index (χ0n) is 23.2. The number of amides is 1. The first-order valence-electron chi connectivity index (χ1n) is 12.8. The summed E-state index contributed by atoms with van der Waals surface area (Å²) in [6.07, 6.45) is 6.05. The van der Waals surface area contributed by atoms with Gasteiger partial charge in [-0.1, -0.05) is 0 Å². The molecular formula is C29H26Br2N8O4. The molecule has 14 heteroatoms. The summed E-state index contributed by atoms with van der Waals surface area (Å²) < 4.78 is 10.4. The third kappa shape index (κ3) is 6.87. The lowest BCUT2D eigenvalue weighted by Gasteiger charge is -2.27. The van der Waals surface area contributed by atoms with Crippen LogP contribution in [0.3, 0.4) is 0 Å². The van der Waals surface area contributed by atoms with Crippen LogP contribution < -0.4 is 10.2 Å². The van der Waals surface area contributed by atoms with E-state index in [2.05, 4.69) is 57.3 Å². The Morgan fingerprint density at radius 1 is 0.814 bits per heavy atom. The second-order valence-corrected chi connectivity index (χ2v) is 11.8. The zero-order chi connectivity index (χ0) is 30.7. The normalized spacial score (nSPS) is 11.2. The Balaban J connectivity index is 0.000000180. The van der Waals surface area contributed by atoms with Crippen molar-refractivity contribution < 1.29 is 19.7 Å². The standard InChI is InChI=1S/C17H17BrN4O3.C12H9BrN4O/c1-17(2,3)25-16(24)21(11-4-6-12(23)7-5-11)14-8-9-19-15-13(18)10-20-22(14)15;13-10-7-15-17-11(5-6-14-12(10)17)16-8-1-3-9(18)4-2-8/h4-10,23H,1-3H3;1-7,16,18H. The number of ether oxygens (including phenoxy) is 1. The molecule has 0 aliphatic rings. The molecule has 4 heterocycles. The van der Waals surface area contributed by atoms with Gasteiger partial charge in [-0.25, -0.2) is 19.7 Å². The van der Waals surface area contributed by atoms with Gasteiger partial charge >= 0.3 is 6.09 Å². The van der Waals surface area contributed by atoms with Crippen molar-refractivity contribution in [2.24, 2.45) is 0 Å². The third-order valence-corrected chi connectivity index (χ3v) is 6.87. The van der Waals surface area contributed by atoms with Crippen molar-refractivity contribution in [2.75, 3.05) is 10.2 Å². The van der Waals surface area contributed by atoms with E-state index in [1.54, 1.807) is 97.1 Å². The predicted molar refractivity (Wildman–Crippen MR) is 169 cm³/mol. The number of carbonyl (C=O) groups is 1. The summed E-state index contributed by atoms with van der Waals surface area (Å²) in [6, 6.07) is 16.6. The minimum absolute atomic E-state index is 0.106. The van der Waals surface area contributed by atoms with E-state index in [0.29, 0.717) is 21.6 Å². The Morgan fingerprint density at radius 3 is 1.95 bits per heavy atom. The van der Waals surface area contributed by atoms with E-state index in [4.69, 9.17) is 4.74 Å². The van der Waals surface area contributed by atoms with Crippen LogP contribution in [0.5, 0.6) is 11.5 Å². The van der Waals surface area contributed by atoms with Gasteiger partial charge in [0.15, 0.2) is 11.3 Å². The molecule has 43 heavy (non-hydrogen) atoms. The first-order valence-corrected chi connectivity index (χ1v) is 14.4. The van der Waals surface area contributed by atoms with Gasteiger partial charge in [0.05, 0.1) is 27.0 Å². The molecule has 12 nitrogen and oxygen atoms in total. The van der Waals surface area contributed by atoms with Crippen LogP contribution in [-0.2, 0) is 4.74 Å². The van der Waals surface area contributed by atoms with Crippen molar-refractivity contribution in [3.05, 3.63) is 94.4 Å². The number of aromatic nitrogens is 6. The molecule has 0 aliphatic carbocycles. The highest BCUT2D eigenvalue weighted by Gasteiger charge is 2.27. The number of benzene rings is 2. The molecule has 0 atom stereocenters. The number of phenolic OH excluding ortho intramolecular Hbond substituents is 2. The van der Waals surface area contributed by atoms with Crippen LogP contribution in [-0.4, -0.2) is 51.1 Å². The first-order chi connectivity index (χ1) is 20.5. The summed E-state index contributed by atoms with van der Waals surface area (Å²) in [5.41, 5.74) is 2.06. The summed E-state index contributed by atoms with van der Waals surface area (Å²) in [5, 5.41) is 30.5. The Kier molecular flexibility index (Phi) is 8.50. The molecule has 6 aromatic rings. The molecule has 0 spiro atoms. The number of anilines is 4. The smallest absolute Gasteiger partial charge is 0.420 e. The molecule has 0 unspecified atom stereocenters. The molecule has 0 radical (unpaired) electrons. The van der Waals surface area contributed by atoms with Crippen molar-refractivity contribution in [3.8, 4) is 11.5 Å². The number of hydrogen-bond acceptors (Lipinski definition) is 9. The molecule has 220 valence electrons. The van der Waals surface area contributed by atoms with Gasteiger partial charge in [0.25, 0.3) is 0 Å². The van der Waals surface area contributed by atoms with E-state index in [1.807, 2.05) is 6.07 Å². The minimum atomic E-state index is -0.664. The van der Waals surface area contributed by atoms with E-state index in [-0.39, 0.29) is 11.5 Å². The summed E-state index contributed by atoms with van der Waals surface area (Å²) in [4.78, 5) is 22.7. The highest BCUT2D eigenvalue weighted by Crippen LogP contribution is 2.30. The van der Waals surface area contributed by atoms with E-state index in [9.17, 15) is 15.0 Å². The van der Waals surface area contributed by atoms with Gasteiger partial charge in [0.2, 0.25) is 0 Å². The Hall–Kier alpha value is -4.69. The molecule has 0 aliphatic heterocycles. The van der Waals surface area contributed by atoms with Gasteiger partial charge in [-0.2, -0.15) is 19.2 Å². The second-order valence-electron chi connectivity index (χ2n) is 10.1. The van der Waals surface area contributed by atoms with Crippen LogP contribution in [0.4, 0.5) is 27.8 Å². The zero-order valence-corrected chi connectivity index (χ0v) is 26.4. The average Bonchev–Trinajstić information content (AvgIpc) is 3.54. The molecule has 1 amide bonds. The van der Waals surface area contributed by atoms with Gasteiger partial charge in [0.1, 0.15) is 28.7 Å². The Labute approximate surface area is 262 Å². The number of rotatable bonds is 4. The van der Waals surface area contributed by atoms with Gasteiger partial charge < -0.3 is 20.3 Å². The van der Waals surface area contributed by atoms with Crippen LogP contribution in [0.1, 0.15) is 20.8 Å². The van der Waals surface area contributed by atoms with Crippen molar-refractivity contribution in [1.29, 1.82) is 0 Å². The molecule has 0 bridgehead atoms. The van der Waals surface area contributed by atoms with E-state index in [0.717, 1.165) is 21.6 Å². The van der Waals surface area contributed by atoms with Gasteiger partial charge in [0, 0.05) is 24.1 Å². The predicted octanol–water partition coefficient (Wildman–Crippen LogP) is 7.21. The fourth-order valence-corrected chi connectivity index (χ4v) is 4.64. The monoisotopic (exact) mass is 708 g/mol. The van der Waals surface area contributed by atoms with Gasteiger partial charge in [-0.05, 0) is 107 Å². The minimum Gasteiger partial charge on any atom is -0.508 e.